The Morgan fingerprint density at radius 1 is 1.26 bits per heavy atom. The lowest BCUT2D eigenvalue weighted by Gasteiger charge is -2.27. The first-order valence-electron chi connectivity index (χ1n) is 8.36. The normalized spacial score (nSPS) is 16.7. The van der Waals surface area contributed by atoms with Crippen LogP contribution in [0.5, 0.6) is 0 Å². The number of fused-ring (bicyclic) bond motifs is 2. The van der Waals surface area contributed by atoms with Crippen molar-refractivity contribution in [3.63, 3.8) is 0 Å². The number of halogens is 1. The van der Waals surface area contributed by atoms with Crippen LogP contribution in [0.1, 0.15) is 17.2 Å². The van der Waals surface area contributed by atoms with Gasteiger partial charge in [-0.25, -0.2) is 17.9 Å². The number of hydrogen-bond donors (Lipinski definition) is 2. The van der Waals surface area contributed by atoms with E-state index in [0.717, 1.165) is 18.5 Å². The fraction of sp³-hybridized carbons (Fsp3) is 0.278. The van der Waals surface area contributed by atoms with Crippen LogP contribution in [0.15, 0.2) is 56.6 Å². The van der Waals surface area contributed by atoms with E-state index >= 15 is 0 Å². The number of nitrogens with one attached hydrogen (secondary N) is 2. The van der Waals surface area contributed by atoms with E-state index < -0.39 is 15.8 Å². The number of rotatable bonds is 4. The minimum atomic E-state index is -3.72. The predicted octanol–water partition coefficient (Wildman–Crippen LogP) is 1.72. The molecule has 1 aliphatic heterocycles. The fourth-order valence-electron chi connectivity index (χ4n) is 3.33. The Morgan fingerprint density at radius 3 is 2.85 bits per heavy atom. The van der Waals surface area contributed by atoms with E-state index in [0.29, 0.717) is 5.52 Å². The minimum absolute atomic E-state index is 0. The third-order valence-electron chi connectivity index (χ3n) is 4.77. The van der Waals surface area contributed by atoms with Crippen LogP contribution in [0.25, 0.3) is 11.1 Å². The van der Waals surface area contributed by atoms with E-state index in [1.54, 1.807) is 13.1 Å². The second-order valence-corrected chi connectivity index (χ2v) is 8.13. The highest BCUT2D eigenvalue weighted by Crippen LogP contribution is 2.23. The molecule has 1 atom stereocenters. The van der Waals surface area contributed by atoms with Crippen LogP contribution in [-0.4, -0.2) is 26.1 Å². The Kier molecular flexibility index (Phi) is 5.43. The summed E-state index contributed by atoms with van der Waals surface area (Å²) in [5.74, 6) is -0.523. The molecule has 1 aromatic heterocycles. The lowest BCUT2D eigenvalue weighted by molar-refractivity contribution is 0.491. The van der Waals surface area contributed by atoms with E-state index in [-0.39, 0.29) is 35.5 Å². The molecule has 0 spiro atoms. The minimum Gasteiger partial charge on any atom is -0.408 e. The number of sulfonamides is 1. The van der Waals surface area contributed by atoms with Crippen LogP contribution in [-0.2, 0) is 23.5 Å². The number of benzene rings is 2. The lowest BCUT2D eigenvalue weighted by atomic mass is 9.95. The molecule has 7 nitrogen and oxygen atoms in total. The van der Waals surface area contributed by atoms with Crippen molar-refractivity contribution in [2.75, 3.05) is 13.1 Å². The molecule has 2 heterocycles. The Balaban J connectivity index is 0.00000210. The highest BCUT2D eigenvalue weighted by atomic mass is 35.5. The van der Waals surface area contributed by atoms with Gasteiger partial charge in [-0.2, -0.15) is 0 Å². The van der Waals surface area contributed by atoms with Gasteiger partial charge in [-0.05, 0) is 36.2 Å². The van der Waals surface area contributed by atoms with Crippen molar-refractivity contribution in [1.29, 1.82) is 0 Å². The Hall–Kier alpha value is -2.13. The summed E-state index contributed by atoms with van der Waals surface area (Å²) >= 11 is 0. The average molecular weight is 410 g/mol. The van der Waals surface area contributed by atoms with E-state index in [1.165, 1.54) is 22.3 Å². The zero-order chi connectivity index (χ0) is 18.3. The molecule has 0 saturated carbocycles. The first-order valence-corrected chi connectivity index (χ1v) is 9.84. The van der Waals surface area contributed by atoms with Crippen LogP contribution in [0.4, 0.5) is 0 Å². The van der Waals surface area contributed by atoms with Gasteiger partial charge in [0, 0.05) is 25.7 Å². The molecule has 1 aliphatic rings. The van der Waals surface area contributed by atoms with Crippen molar-refractivity contribution in [2.45, 2.75) is 17.4 Å². The van der Waals surface area contributed by atoms with Crippen LogP contribution in [0.2, 0.25) is 0 Å². The Bertz CT molecular complexity index is 1140. The molecule has 9 heteroatoms. The van der Waals surface area contributed by atoms with Crippen LogP contribution in [0, 0.1) is 0 Å². The third kappa shape index (κ3) is 3.66. The third-order valence-corrected chi connectivity index (χ3v) is 6.19. The molecular formula is C18H20ClN3O4S. The van der Waals surface area contributed by atoms with E-state index in [4.69, 9.17) is 4.42 Å². The molecule has 0 saturated heterocycles. The summed E-state index contributed by atoms with van der Waals surface area (Å²) in [5, 5.41) is 3.35. The molecule has 0 radical (unpaired) electrons. The van der Waals surface area contributed by atoms with E-state index in [2.05, 4.69) is 16.1 Å². The molecule has 0 amide bonds. The largest absolute Gasteiger partial charge is 0.419 e. The Labute approximate surface area is 162 Å². The SMILES string of the molecule is Cl.Cn1c(=O)oc2cc(S(=O)(=O)NCC3NCCc4ccccc43)ccc21. The average Bonchev–Trinajstić information content (AvgIpc) is 2.93. The number of aromatic nitrogens is 1. The second kappa shape index (κ2) is 7.47. The van der Waals surface area contributed by atoms with Crippen LogP contribution < -0.4 is 15.8 Å². The maximum Gasteiger partial charge on any atom is 0.419 e. The highest BCUT2D eigenvalue weighted by Gasteiger charge is 2.23. The van der Waals surface area contributed by atoms with Gasteiger partial charge in [0.2, 0.25) is 10.0 Å². The maximum atomic E-state index is 12.7. The van der Waals surface area contributed by atoms with Gasteiger partial charge >= 0.3 is 5.76 Å². The van der Waals surface area contributed by atoms with Gasteiger partial charge in [-0.3, -0.25) is 4.57 Å². The molecule has 4 rings (SSSR count). The molecule has 0 aliphatic carbocycles. The quantitative estimate of drug-likeness (QED) is 0.684. The molecule has 27 heavy (non-hydrogen) atoms. The summed E-state index contributed by atoms with van der Waals surface area (Å²) in [5.41, 5.74) is 3.16. The topological polar surface area (TPSA) is 93.3 Å². The molecular weight excluding hydrogens is 390 g/mol. The second-order valence-electron chi connectivity index (χ2n) is 6.36. The number of hydrogen-bond acceptors (Lipinski definition) is 5. The van der Waals surface area contributed by atoms with Crippen molar-refractivity contribution in [3.8, 4) is 0 Å². The summed E-state index contributed by atoms with van der Waals surface area (Å²) in [4.78, 5) is 11.6. The summed E-state index contributed by atoms with van der Waals surface area (Å²) in [7, 11) is -2.14. The van der Waals surface area contributed by atoms with Gasteiger partial charge in [-0.1, -0.05) is 24.3 Å². The highest BCUT2D eigenvalue weighted by molar-refractivity contribution is 7.89. The summed E-state index contributed by atoms with van der Waals surface area (Å²) in [6, 6.07) is 12.4. The molecule has 0 fully saturated rings. The summed E-state index contributed by atoms with van der Waals surface area (Å²) < 4.78 is 34.4. The van der Waals surface area contributed by atoms with E-state index in [1.807, 2.05) is 18.2 Å². The van der Waals surface area contributed by atoms with Crippen molar-refractivity contribution in [3.05, 3.63) is 64.1 Å². The number of aryl methyl sites for hydroxylation is 1. The molecule has 144 valence electrons. The first kappa shape index (κ1) is 19.6. The molecule has 1 unspecified atom stereocenters. The smallest absolute Gasteiger partial charge is 0.408 e. The number of oxazole rings is 1. The van der Waals surface area contributed by atoms with Crippen LogP contribution in [0.3, 0.4) is 0 Å². The van der Waals surface area contributed by atoms with Crippen molar-refractivity contribution in [2.24, 2.45) is 7.05 Å². The molecule has 2 N–H and O–H groups in total. The summed E-state index contributed by atoms with van der Waals surface area (Å²) in [6.07, 6.45) is 0.934. The zero-order valence-electron chi connectivity index (χ0n) is 14.6. The van der Waals surface area contributed by atoms with Crippen molar-refractivity contribution in [1.82, 2.24) is 14.6 Å². The Morgan fingerprint density at radius 2 is 2.04 bits per heavy atom. The van der Waals surface area contributed by atoms with Gasteiger partial charge in [0.1, 0.15) is 0 Å². The van der Waals surface area contributed by atoms with Gasteiger partial charge in [0.25, 0.3) is 0 Å². The van der Waals surface area contributed by atoms with Gasteiger partial charge < -0.3 is 9.73 Å². The van der Waals surface area contributed by atoms with Gasteiger partial charge in [0.05, 0.1) is 10.4 Å². The molecule has 2 aromatic carbocycles. The van der Waals surface area contributed by atoms with Gasteiger partial charge in [-0.15, -0.1) is 12.4 Å². The maximum absolute atomic E-state index is 12.7. The number of nitrogens with zero attached hydrogens (tertiary/aromatic N) is 1. The van der Waals surface area contributed by atoms with Gasteiger partial charge in [0.15, 0.2) is 5.58 Å². The van der Waals surface area contributed by atoms with Crippen molar-refractivity contribution < 1.29 is 12.8 Å². The van der Waals surface area contributed by atoms with E-state index in [9.17, 15) is 13.2 Å². The molecule has 0 bridgehead atoms. The van der Waals surface area contributed by atoms with Crippen molar-refractivity contribution >= 4 is 33.5 Å². The molecule has 3 aromatic rings. The fourth-order valence-corrected chi connectivity index (χ4v) is 4.39. The van der Waals surface area contributed by atoms with Crippen LogP contribution >= 0.6 is 12.4 Å². The standard InChI is InChI=1S/C18H19N3O4S.ClH/c1-21-16-7-6-13(10-17(16)25-18(21)22)26(23,24)20-11-15-14-5-3-2-4-12(14)8-9-19-15;/h2-7,10,15,19-20H,8-9,11H2,1H3;1H. The first-order chi connectivity index (χ1) is 12.5. The lowest BCUT2D eigenvalue weighted by Crippen LogP contribution is -2.38. The monoisotopic (exact) mass is 409 g/mol. The zero-order valence-corrected chi connectivity index (χ0v) is 16.3. The predicted molar refractivity (Wildman–Crippen MR) is 105 cm³/mol. The summed E-state index contributed by atoms with van der Waals surface area (Å²) in [6.45, 7) is 1.06.